The summed E-state index contributed by atoms with van der Waals surface area (Å²) in [6, 6.07) is 6.18. The van der Waals surface area contributed by atoms with Gasteiger partial charge in [0, 0.05) is 57.4 Å². The van der Waals surface area contributed by atoms with Gasteiger partial charge in [0.1, 0.15) is 0 Å². The van der Waals surface area contributed by atoms with Gasteiger partial charge in [0.25, 0.3) is 5.91 Å². The molecular formula is C28H45Cl2N7O3. The van der Waals surface area contributed by atoms with Crippen LogP contribution in [-0.2, 0) is 9.59 Å². The third-order valence-electron chi connectivity index (χ3n) is 7.74. The van der Waals surface area contributed by atoms with E-state index in [2.05, 4.69) is 39.6 Å². The molecule has 1 aliphatic carbocycles. The molecule has 0 spiro atoms. The maximum Gasteiger partial charge on any atom is 0.256 e. The molecule has 2 amide bonds. The van der Waals surface area contributed by atoms with Crippen LogP contribution in [0, 0.1) is 25.7 Å². The van der Waals surface area contributed by atoms with Gasteiger partial charge in [0.05, 0.1) is 13.1 Å². The van der Waals surface area contributed by atoms with Gasteiger partial charge in [-0.2, -0.15) is 4.98 Å². The first-order valence-corrected chi connectivity index (χ1v) is 13.9. The largest absolute Gasteiger partial charge is 0.353 e. The number of benzene rings is 1. The van der Waals surface area contributed by atoms with Crippen molar-refractivity contribution in [2.75, 3.05) is 51.2 Å². The summed E-state index contributed by atoms with van der Waals surface area (Å²) in [5, 5.41) is 14.3. The highest BCUT2D eigenvalue weighted by Crippen LogP contribution is 2.36. The van der Waals surface area contributed by atoms with Gasteiger partial charge >= 0.3 is 0 Å². The molecule has 10 nitrogen and oxygen atoms in total. The van der Waals surface area contributed by atoms with Gasteiger partial charge in [-0.25, -0.2) is 5.01 Å². The zero-order valence-electron chi connectivity index (χ0n) is 24.3. The zero-order valence-corrected chi connectivity index (χ0v) is 25.9. The minimum atomic E-state index is -0.126. The number of hydrazine groups is 1. The number of anilines is 1. The van der Waals surface area contributed by atoms with E-state index >= 15 is 0 Å². The predicted octanol–water partition coefficient (Wildman–Crippen LogP) is 3.61. The Morgan fingerprint density at radius 3 is 2.35 bits per heavy atom. The summed E-state index contributed by atoms with van der Waals surface area (Å²) < 4.78 is 5.17. The Kier molecular flexibility index (Phi) is 13.1. The molecule has 2 heterocycles. The summed E-state index contributed by atoms with van der Waals surface area (Å²) in [5.74, 6) is 2.17. The highest BCUT2D eigenvalue weighted by atomic mass is 35.5. The summed E-state index contributed by atoms with van der Waals surface area (Å²) in [6.07, 6.45) is 5.08. The van der Waals surface area contributed by atoms with E-state index in [0.717, 1.165) is 29.9 Å². The number of amides is 2. The molecule has 0 radical (unpaired) electrons. The number of hydrogen-bond acceptors (Lipinski definition) is 8. The lowest BCUT2D eigenvalue weighted by atomic mass is 9.82. The summed E-state index contributed by atoms with van der Waals surface area (Å²) in [5.41, 5.74) is 2.54. The molecule has 4 rings (SSSR count). The Morgan fingerprint density at radius 1 is 1.07 bits per heavy atom. The van der Waals surface area contributed by atoms with Crippen molar-refractivity contribution in [3.05, 3.63) is 29.7 Å². The number of hydrogen-bond donors (Lipinski definition) is 2. The Bertz CT molecular complexity index is 1100. The summed E-state index contributed by atoms with van der Waals surface area (Å²) >= 11 is 0. The number of nitrogens with one attached hydrogen (secondary N) is 2. The normalized spacial score (nSPS) is 18.4. The Hall–Kier alpha value is -2.40. The summed E-state index contributed by atoms with van der Waals surface area (Å²) in [4.78, 5) is 32.7. The van der Waals surface area contributed by atoms with Crippen LogP contribution in [0.15, 0.2) is 22.7 Å². The average Bonchev–Trinajstić information content (AvgIpc) is 3.52. The zero-order chi connectivity index (χ0) is 27.2. The van der Waals surface area contributed by atoms with E-state index in [1.807, 2.05) is 37.1 Å². The van der Waals surface area contributed by atoms with Crippen molar-refractivity contribution in [2.45, 2.75) is 59.4 Å². The lowest BCUT2D eigenvalue weighted by molar-refractivity contribution is -0.142. The van der Waals surface area contributed by atoms with Gasteiger partial charge < -0.3 is 20.1 Å². The molecule has 2 N–H and O–H groups in total. The molecule has 1 saturated carbocycles. The van der Waals surface area contributed by atoms with Crippen LogP contribution < -0.4 is 15.5 Å². The molecule has 1 aromatic carbocycles. The van der Waals surface area contributed by atoms with Crippen molar-refractivity contribution >= 4 is 42.3 Å². The molecule has 2 fully saturated rings. The molecule has 2 aliphatic rings. The fourth-order valence-corrected chi connectivity index (χ4v) is 5.57. The molecular weight excluding hydrogens is 553 g/mol. The maximum absolute atomic E-state index is 13.6. The van der Waals surface area contributed by atoms with Crippen LogP contribution in [0.2, 0.25) is 0 Å². The average molecular weight is 599 g/mol. The molecule has 224 valence electrons. The molecule has 2 atom stereocenters. The predicted molar refractivity (Wildman–Crippen MR) is 162 cm³/mol. The van der Waals surface area contributed by atoms with E-state index in [9.17, 15) is 9.59 Å². The van der Waals surface area contributed by atoms with Gasteiger partial charge in [-0.15, -0.1) is 24.8 Å². The van der Waals surface area contributed by atoms with Crippen LogP contribution in [0.5, 0.6) is 0 Å². The van der Waals surface area contributed by atoms with Crippen LogP contribution in [0.1, 0.15) is 51.0 Å². The fourth-order valence-electron chi connectivity index (χ4n) is 5.57. The lowest BCUT2D eigenvalue weighted by Gasteiger charge is -2.32. The summed E-state index contributed by atoms with van der Waals surface area (Å²) in [6.45, 7) is 11.1. The SMILES string of the molecule is Cc1nc(-c2ccc(C)c(N(CC(=O)NCCNC(C)C)CC(=O)N(C)N3C[C@H]4CCCC[C@H]4C3)c2)no1.Cl.Cl. The summed E-state index contributed by atoms with van der Waals surface area (Å²) in [7, 11) is 1.86. The number of nitrogens with zero attached hydrogens (tertiary/aromatic N) is 5. The molecule has 0 unspecified atom stereocenters. The number of carbonyl (C=O) groups is 2. The second-order valence-electron chi connectivity index (χ2n) is 11.0. The second-order valence-corrected chi connectivity index (χ2v) is 11.0. The number of aryl methyl sites for hydroxylation is 2. The smallest absolute Gasteiger partial charge is 0.256 e. The highest BCUT2D eigenvalue weighted by molar-refractivity contribution is 5.87. The monoisotopic (exact) mass is 597 g/mol. The van der Waals surface area contributed by atoms with Gasteiger partial charge in [-0.3, -0.25) is 14.6 Å². The van der Waals surface area contributed by atoms with Gasteiger partial charge in [-0.1, -0.05) is 44.0 Å². The number of fused-ring (bicyclic) bond motifs is 1. The van der Waals surface area contributed by atoms with Gasteiger partial charge in [-0.05, 0) is 43.2 Å². The lowest BCUT2D eigenvalue weighted by Crippen LogP contribution is -2.49. The van der Waals surface area contributed by atoms with E-state index in [1.165, 1.54) is 25.7 Å². The van der Waals surface area contributed by atoms with Gasteiger partial charge in [0.15, 0.2) is 0 Å². The minimum absolute atomic E-state index is 0. The number of halogens is 2. The highest BCUT2D eigenvalue weighted by Gasteiger charge is 2.37. The van der Waals surface area contributed by atoms with E-state index in [-0.39, 0.29) is 49.7 Å². The first kappa shape index (κ1) is 33.8. The Morgan fingerprint density at radius 2 is 1.75 bits per heavy atom. The Labute approximate surface area is 250 Å². The standard InChI is InChI=1S/C28H43N7O3.2ClH/c1-19(2)29-12-13-30-26(36)17-34(25-14-22(11-10-20(25)3)28-31-21(4)38-32-28)18-27(37)33(5)35-15-23-8-6-7-9-24(23)16-35;;/h10-11,14,19,23-24,29H,6-9,12-13,15-18H2,1-5H3,(H,30,36);2*1H/t23-,24+;;. The molecule has 2 aromatic rings. The Balaban J connectivity index is 0.00000280. The van der Waals surface area contributed by atoms with Crippen molar-refractivity contribution in [3.8, 4) is 11.4 Å². The van der Waals surface area contributed by atoms with Crippen LogP contribution >= 0.6 is 24.8 Å². The van der Waals surface area contributed by atoms with Crippen molar-refractivity contribution in [1.82, 2.24) is 30.8 Å². The van der Waals surface area contributed by atoms with Crippen LogP contribution in [0.4, 0.5) is 5.69 Å². The molecule has 1 saturated heterocycles. The van der Waals surface area contributed by atoms with Crippen molar-refractivity contribution in [2.24, 2.45) is 11.8 Å². The van der Waals surface area contributed by atoms with E-state index in [4.69, 9.17) is 4.52 Å². The molecule has 40 heavy (non-hydrogen) atoms. The number of likely N-dealkylation sites (N-methyl/N-ethyl adjacent to an activating group) is 1. The van der Waals surface area contributed by atoms with Crippen molar-refractivity contribution < 1.29 is 14.1 Å². The van der Waals surface area contributed by atoms with E-state index in [1.54, 1.807) is 11.9 Å². The first-order valence-electron chi connectivity index (χ1n) is 13.9. The molecule has 1 aliphatic heterocycles. The molecule has 12 heteroatoms. The van der Waals surface area contributed by atoms with Crippen LogP contribution in [0.3, 0.4) is 0 Å². The molecule has 0 bridgehead atoms. The van der Waals surface area contributed by atoms with Crippen LogP contribution in [0.25, 0.3) is 11.4 Å². The second kappa shape index (κ2) is 15.6. The van der Waals surface area contributed by atoms with Crippen LogP contribution in [-0.4, -0.2) is 84.3 Å². The first-order chi connectivity index (χ1) is 18.2. The van der Waals surface area contributed by atoms with Crippen molar-refractivity contribution in [3.63, 3.8) is 0 Å². The number of carbonyl (C=O) groups excluding carboxylic acids is 2. The van der Waals surface area contributed by atoms with E-state index < -0.39 is 0 Å². The minimum Gasteiger partial charge on any atom is -0.353 e. The molecule has 1 aromatic heterocycles. The topological polar surface area (TPSA) is 107 Å². The number of aromatic nitrogens is 2. The van der Waals surface area contributed by atoms with Gasteiger partial charge in [0.2, 0.25) is 17.6 Å². The quantitative estimate of drug-likeness (QED) is 0.378. The third-order valence-corrected chi connectivity index (χ3v) is 7.74. The number of rotatable bonds is 11. The maximum atomic E-state index is 13.6. The van der Waals surface area contributed by atoms with E-state index in [0.29, 0.717) is 42.7 Å². The van der Waals surface area contributed by atoms with Crippen molar-refractivity contribution in [1.29, 1.82) is 0 Å². The fraction of sp³-hybridized carbons (Fsp3) is 0.643. The third kappa shape index (κ3) is 8.80.